The summed E-state index contributed by atoms with van der Waals surface area (Å²) in [7, 11) is 0. The summed E-state index contributed by atoms with van der Waals surface area (Å²) in [4.78, 5) is 41.7. The van der Waals surface area contributed by atoms with E-state index in [1.807, 2.05) is 38.1 Å². The molecule has 42 heavy (non-hydrogen) atoms. The molecule has 2 saturated heterocycles. The van der Waals surface area contributed by atoms with Crippen molar-refractivity contribution in [1.82, 2.24) is 15.5 Å². The summed E-state index contributed by atoms with van der Waals surface area (Å²) < 4.78 is 17.4. The molecule has 1 aromatic heterocycles. The Kier molecular flexibility index (Phi) is 8.57. The molecule has 12 heteroatoms. The molecule has 3 heterocycles. The normalized spacial score (nSPS) is 18.0. The maximum atomic E-state index is 13.4. The van der Waals surface area contributed by atoms with E-state index in [0.717, 1.165) is 10.4 Å². The Morgan fingerprint density at radius 2 is 1.74 bits per heavy atom. The summed E-state index contributed by atoms with van der Waals surface area (Å²) in [5.41, 5.74) is 7.64. The number of carbonyl (C=O) groups excluding carboxylic acids is 3. The lowest BCUT2D eigenvalue weighted by molar-refractivity contribution is -0.152. The number of amides is 3. The number of hydrogen-bond donors (Lipinski definition) is 4. The number of hydrogen-bond acceptors (Lipinski definition) is 8. The molecule has 3 aromatic rings. The summed E-state index contributed by atoms with van der Waals surface area (Å²) in [6.45, 7) is 4.33. The second-order valence-electron chi connectivity index (χ2n) is 10.4. The van der Waals surface area contributed by atoms with Crippen LogP contribution in [0.3, 0.4) is 0 Å². The van der Waals surface area contributed by atoms with Crippen LogP contribution in [-0.4, -0.2) is 66.6 Å². The first-order valence-corrected chi connectivity index (χ1v) is 14.4. The number of nitrogens with zero attached hydrogens (tertiary/aromatic N) is 1. The van der Waals surface area contributed by atoms with Gasteiger partial charge in [0.2, 0.25) is 11.8 Å². The Hall–Kier alpha value is -4.26. The Bertz CT molecular complexity index is 1470. The number of aryl methyl sites for hydroxylation is 1. The maximum absolute atomic E-state index is 13.4. The molecule has 1 unspecified atom stereocenters. The van der Waals surface area contributed by atoms with Gasteiger partial charge in [-0.1, -0.05) is 17.7 Å². The molecule has 5 N–H and O–H groups in total. The smallest absolute Gasteiger partial charge is 0.251 e. The van der Waals surface area contributed by atoms with Gasteiger partial charge in [-0.05, 0) is 56.3 Å². The molecule has 5 rings (SSSR count). The van der Waals surface area contributed by atoms with Crippen molar-refractivity contribution in [2.45, 2.75) is 38.1 Å². The number of ether oxygens (including phenoxy) is 3. The van der Waals surface area contributed by atoms with Crippen molar-refractivity contribution >= 4 is 34.9 Å². The lowest BCUT2D eigenvalue weighted by Crippen LogP contribution is -2.49. The fourth-order valence-electron chi connectivity index (χ4n) is 4.92. The SMILES string of the molecule is Cc1ccc(Oc2ccc(C(=O)NCC(=O)N3CC4(C[C@H]3C(=O)NC(C)c3cc(C(=N)N)cs3)OCCO4)cc2)cc1. The minimum atomic E-state index is -1.05. The number of carbonyl (C=O) groups is 3. The van der Waals surface area contributed by atoms with Gasteiger partial charge in [0.25, 0.3) is 5.91 Å². The van der Waals surface area contributed by atoms with E-state index in [2.05, 4.69) is 10.6 Å². The molecule has 2 fully saturated rings. The Balaban J connectivity index is 1.20. The van der Waals surface area contributed by atoms with Crippen LogP contribution < -0.4 is 21.1 Å². The fourth-order valence-corrected chi connectivity index (χ4v) is 5.84. The molecule has 0 aliphatic carbocycles. The zero-order valence-electron chi connectivity index (χ0n) is 23.3. The van der Waals surface area contributed by atoms with Gasteiger partial charge in [0.1, 0.15) is 23.4 Å². The largest absolute Gasteiger partial charge is 0.457 e. The minimum absolute atomic E-state index is 0.0466. The molecule has 220 valence electrons. The van der Waals surface area contributed by atoms with Crippen molar-refractivity contribution in [3.8, 4) is 11.5 Å². The van der Waals surface area contributed by atoms with Crippen LogP contribution in [0, 0.1) is 12.3 Å². The van der Waals surface area contributed by atoms with Gasteiger partial charge in [-0.15, -0.1) is 11.3 Å². The maximum Gasteiger partial charge on any atom is 0.251 e. The summed E-state index contributed by atoms with van der Waals surface area (Å²) in [5.74, 6) is -1.06. The van der Waals surface area contributed by atoms with Crippen LogP contribution in [0.5, 0.6) is 11.5 Å². The topological polar surface area (TPSA) is 156 Å². The van der Waals surface area contributed by atoms with E-state index in [1.165, 1.54) is 16.2 Å². The van der Waals surface area contributed by atoms with Crippen molar-refractivity contribution in [3.05, 3.63) is 81.5 Å². The molecule has 11 nitrogen and oxygen atoms in total. The van der Waals surface area contributed by atoms with Crippen LogP contribution in [0.1, 0.15) is 45.7 Å². The summed E-state index contributed by atoms with van der Waals surface area (Å²) in [5, 5.41) is 15.0. The van der Waals surface area contributed by atoms with Crippen molar-refractivity contribution in [3.63, 3.8) is 0 Å². The molecule has 0 saturated carbocycles. The average Bonchev–Trinajstić information content (AvgIpc) is 3.74. The molecule has 2 aromatic carbocycles. The second-order valence-corrected chi connectivity index (χ2v) is 11.3. The highest BCUT2D eigenvalue weighted by molar-refractivity contribution is 7.10. The molecule has 2 aliphatic heterocycles. The summed E-state index contributed by atoms with van der Waals surface area (Å²) in [6.07, 6.45) is 0.177. The van der Waals surface area contributed by atoms with Gasteiger partial charge in [-0.2, -0.15) is 0 Å². The van der Waals surface area contributed by atoms with Crippen molar-refractivity contribution in [1.29, 1.82) is 5.41 Å². The Morgan fingerprint density at radius 3 is 2.36 bits per heavy atom. The highest BCUT2D eigenvalue weighted by Gasteiger charge is 2.52. The predicted molar refractivity (Wildman–Crippen MR) is 157 cm³/mol. The van der Waals surface area contributed by atoms with E-state index in [9.17, 15) is 14.4 Å². The van der Waals surface area contributed by atoms with Crippen LogP contribution in [0.25, 0.3) is 0 Å². The number of rotatable bonds is 9. The number of thiophene rings is 1. The van der Waals surface area contributed by atoms with E-state index in [0.29, 0.717) is 35.8 Å². The lowest BCUT2D eigenvalue weighted by Gasteiger charge is -2.25. The number of nitrogen functional groups attached to an aromatic ring is 1. The Morgan fingerprint density at radius 1 is 1.10 bits per heavy atom. The third kappa shape index (κ3) is 6.62. The number of benzene rings is 2. The number of amidine groups is 1. The molecule has 2 aliphatic rings. The molecular weight excluding hydrogens is 558 g/mol. The standard InChI is InChI=1S/C30H33N5O6S/c1-18-3-7-22(8-4-18)41-23-9-5-20(6-10-23)28(37)33-15-26(36)35-17-30(39-11-12-40-30)14-24(35)29(38)34-19(2)25-13-21(16-42-25)27(31)32/h3-10,13,16,19,24H,11-12,14-15,17H2,1-2H3,(H3,31,32)(H,33,37)(H,34,38)/t19?,24-/m0/s1. The van der Waals surface area contributed by atoms with Crippen molar-refractivity contribution < 1.29 is 28.6 Å². The molecule has 2 atom stereocenters. The Labute approximate surface area is 247 Å². The van der Waals surface area contributed by atoms with Crippen LogP contribution in [0.15, 0.2) is 60.0 Å². The van der Waals surface area contributed by atoms with Crippen LogP contribution in [0.2, 0.25) is 0 Å². The number of likely N-dealkylation sites (tertiary alicyclic amines) is 1. The highest BCUT2D eigenvalue weighted by Crippen LogP contribution is 2.35. The molecule has 1 spiro atoms. The van der Waals surface area contributed by atoms with Crippen molar-refractivity contribution in [2.75, 3.05) is 26.3 Å². The molecule has 0 radical (unpaired) electrons. The number of nitrogens with two attached hydrogens (primary N) is 1. The third-order valence-electron chi connectivity index (χ3n) is 7.22. The average molecular weight is 592 g/mol. The van der Waals surface area contributed by atoms with E-state index in [-0.39, 0.29) is 37.3 Å². The van der Waals surface area contributed by atoms with E-state index < -0.39 is 23.6 Å². The zero-order chi connectivity index (χ0) is 29.9. The van der Waals surface area contributed by atoms with Gasteiger partial charge in [0.15, 0.2) is 5.79 Å². The first-order valence-electron chi connectivity index (χ1n) is 13.6. The van der Waals surface area contributed by atoms with Crippen molar-refractivity contribution in [2.24, 2.45) is 5.73 Å². The molecular formula is C30H33N5O6S. The van der Waals surface area contributed by atoms with E-state index in [1.54, 1.807) is 35.7 Å². The van der Waals surface area contributed by atoms with E-state index in [4.69, 9.17) is 25.4 Å². The van der Waals surface area contributed by atoms with Gasteiger partial charge in [-0.3, -0.25) is 19.8 Å². The summed E-state index contributed by atoms with van der Waals surface area (Å²) in [6, 6.07) is 14.8. The van der Waals surface area contributed by atoms with Crippen LogP contribution in [-0.2, 0) is 19.1 Å². The highest BCUT2D eigenvalue weighted by atomic mass is 32.1. The zero-order valence-corrected chi connectivity index (χ0v) is 24.2. The number of nitrogens with one attached hydrogen (secondary N) is 3. The first-order chi connectivity index (χ1) is 20.1. The summed E-state index contributed by atoms with van der Waals surface area (Å²) >= 11 is 1.39. The fraction of sp³-hybridized carbons (Fsp3) is 0.333. The molecule has 3 amide bonds. The van der Waals surface area contributed by atoms with E-state index >= 15 is 0 Å². The minimum Gasteiger partial charge on any atom is -0.457 e. The van der Waals surface area contributed by atoms with Gasteiger partial charge >= 0.3 is 0 Å². The lowest BCUT2D eigenvalue weighted by atomic mass is 10.1. The van der Waals surface area contributed by atoms with Crippen LogP contribution in [0.4, 0.5) is 0 Å². The quantitative estimate of drug-likeness (QED) is 0.220. The second kappa shape index (κ2) is 12.3. The first kappa shape index (κ1) is 29.2. The third-order valence-corrected chi connectivity index (χ3v) is 8.33. The van der Waals surface area contributed by atoms with Gasteiger partial charge in [0.05, 0.1) is 32.3 Å². The predicted octanol–water partition coefficient (Wildman–Crippen LogP) is 3.08. The van der Waals surface area contributed by atoms with Gasteiger partial charge < -0.3 is 35.5 Å². The van der Waals surface area contributed by atoms with Crippen LogP contribution >= 0.6 is 11.3 Å². The molecule has 0 bridgehead atoms. The van der Waals surface area contributed by atoms with Gasteiger partial charge in [0, 0.05) is 27.8 Å². The van der Waals surface area contributed by atoms with Gasteiger partial charge in [-0.25, -0.2) is 0 Å². The monoisotopic (exact) mass is 591 g/mol.